The monoisotopic (exact) mass is 284 g/mol. The second kappa shape index (κ2) is 4.74. The molecule has 1 atom stereocenters. The van der Waals surface area contributed by atoms with Crippen molar-refractivity contribution < 1.29 is 9.90 Å². The topological polar surface area (TPSA) is 53.4 Å². The molecular formula is C12H16N2O2S2. The Hall–Kier alpha value is -0.750. The summed E-state index contributed by atoms with van der Waals surface area (Å²) in [5.41, 5.74) is 0.827. The van der Waals surface area contributed by atoms with Gasteiger partial charge in [-0.1, -0.05) is 18.3 Å². The van der Waals surface area contributed by atoms with Crippen molar-refractivity contribution in [2.45, 2.75) is 30.9 Å². The molecule has 1 aromatic heterocycles. The van der Waals surface area contributed by atoms with Gasteiger partial charge in [-0.2, -0.15) is 11.8 Å². The summed E-state index contributed by atoms with van der Waals surface area (Å²) >= 11 is 3.32. The minimum absolute atomic E-state index is 0.401. The molecule has 0 spiro atoms. The van der Waals surface area contributed by atoms with Crippen molar-refractivity contribution in [3.8, 4) is 0 Å². The Balaban J connectivity index is 1.87. The molecule has 0 amide bonds. The van der Waals surface area contributed by atoms with Gasteiger partial charge >= 0.3 is 5.97 Å². The molecule has 0 bridgehead atoms. The molecule has 2 aliphatic rings. The van der Waals surface area contributed by atoms with Crippen molar-refractivity contribution in [3.63, 3.8) is 0 Å². The second-order valence-electron chi connectivity index (χ2n) is 4.92. The van der Waals surface area contributed by atoms with Crippen molar-refractivity contribution in [1.82, 2.24) is 4.98 Å². The van der Waals surface area contributed by atoms with E-state index < -0.39 is 5.97 Å². The number of hydrogen-bond donors (Lipinski definition) is 1. The molecule has 1 saturated heterocycles. The smallest absolute Gasteiger partial charge is 0.347 e. The Labute approximate surface area is 114 Å². The number of carboxylic acid groups (broad SMARTS) is 1. The van der Waals surface area contributed by atoms with Crippen LogP contribution >= 0.6 is 23.1 Å². The van der Waals surface area contributed by atoms with E-state index in [4.69, 9.17) is 0 Å². The highest BCUT2D eigenvalue weighted by molar-refractivity contribution is 8.00. The van der Waals surface area contributed by atoms with Gasteiger partial charge in [-0.05, 0) is 12.8 Å². The molecule has 2 fully saturated rings. The molecule has 0 radical (unpaired) electrons. The van der Waals surface area contributed by atoms with Crippen LogP contribution in [0.2, 0.25) is 0 Å². The number of nitrogens with zero attached hydrogens (tertiary/aromatic N) is 2. The summed E-state index contributed by atoms with van der Waals surface area (Å²) in [6.45, 7) is 4.16. The molecule has 1 N–H and O–H groups in total. The lowest BCUT2D eigenvalue weighted by atomic mass is 10.2. The summed E-state index contributed by atoms with van der Waals surface area (Å²) in [6.07, 6.45) is 2.19. The summed E-state index contributed by atoms with van der Waals surface area (Å²) in [4.78, 5) is 18.6. The zero-order valence-corrected chi connectivity index (χ0v) is 11.9. The molecule has 1 aliphatic heterocycles. The van der Waals surface area contributed by atoms with E-state index in [-0.39, 0.29) is 0 Å². The Morgan fingerprint density at radius 3 is 2.89 bits per heavy atom. The molecule has 98 valence electrons. The molecule has 4 nitrogen and oxygen atoms in total. The van der Waals surface area contributed by atoms with E-state index in [0.717, 1.165) is 42.5 Å². The van der Waals surface area contributed by atoms with Crippen molar-refractivity contribution in [2.24, 2.45) is 0 Å². The first-order valence-electron chi connectivity index (χ1n) is 6.25. The summed E-state index contributed by atoms with van der Waals surface area (Å²) in [7, 11) is 0. The maximum atomic E-state index is 11.3. The Morgan fingerprint density at radius 1 is 1.50 bits per heavy atom. The fourth-order valence-electron chi connectivity index (χ4n) is 2.23. The van der Waals surface area contributed by atoms with E-state index in [9.17, 15) is 9.90 Å². The van der Waals surface area contributed by atoms with Crippen LogP contribution in [-0.4, -0.2) is 40.2 Å². The number of hydrogen-bond acceptors (Lipinski definition) is 5. The fraction of sp³-hybridized carbons (Fsp3) is 0.667. The van der Waals surface area contributed by atoms with Gasteiger partial charge in [0.1, 0.15) is 4.88 Å². The Morgan fingerprint density at radius 2 is 2.28 bits per heavy atom. The molecule has 1 aromatic rings. The van der Waals surface area contributed by atoms with Gasteiger partial charge in [0.05, 0.1) is 5.69 Å². The van der Waals surface area contributed by atoms with Crippen molar-refractivity contribution in [3.05, 3.63) is 10.6 Å². The highest BCUT2D eigenvalue weighted by atomic mass is 32.2. The van der Waals surface area contributed by atoms with Crippen molar-refractivity contribution in [1.29, 1.82) is 0 Å². The number of thioether (sulfide) groups is 1. The maximum absolute atomic E-state index is 11.3. The van der Waals surface area contributed by atoms with Gasteiger partial charge in [0.25, 0.3) is 0 Å². The number of anilines is 1. The van der Waals surface area contributed by atoms with Crippen LogP contribution in [0.3, 0.4) is 0 Å². The minimum atomic E-state index is -0.819. The molecule has 1 aliphatic carbocycles. The molecule has 6 heteroatoms. The van der Waals surface area contributed by atoms with Gasteiger partial charge in [0, 0.05) is 30.0 Å². The third-order valence-electron chi connectivity index (χ3n) is 3.31. The molecule has 1 saturated carbocycles. The van der Waals surface area contributed by atoms with Crippen molar-refractivity contribution in [2.75, 3.05) is 23.7 Å². The van der Waals surface area contributed by atoms with E-state index in [1.165, 1.54) is 11.3 Å². The van der Waals surface area contributed by atoms with Gasteiger partial charge < -0.3 is 10.0 Å². The van der Waals surface area contributed by atoms with Crippen LogP contribution in [0.15, 0.2) is 0 Å². The van der Waals surface area contributed by atoms with E-state index in [1.807, 2.05) is 11.8 Å². The van der Waals surface area contributed by atoms with Crippen LogP contribution < -0.4 is 4.90 Å². The quantitative estimate of drug-likeness (QED) is 0.925. The molecular weight excluding hydrogens is 268 g/mol. The third kappa shape index (κ3) is 2.36. The first-order chi connectivity index (χ1) is 8.65. The summed E-state index contributed by atoms with van der Waals surface area (Å²) in [5.74, 6) is 0.680. The first-order valence-corrected chi connectivity index (χ1v) is 8.12. The molecule has 18 heavy (non-hydrogen) atoms. The predicted octanol–water partition coefficient (Wildman–Crippen LogP) is 2.66. The fourth-order valence-corrected chi connectivity index (χ4v) is 4.27. The van der Waals surface area contributed by atoms with Crippen molar-refractivity contribution >= 4 is 34.2 Å². The second-order valence-corrected chi connectivity index (χ2v) is 7.44. The Bertz CT molecular complexity index is 471. The van der Waals surface area contributed by atoms with Gasteiger partial charge in [0.2, 0.25) is 0 Å². The third-order valence-corrected chi connectivity index (χ3v) is 5.57. The largest absolute Gasteiger partial charge is 0.477 e. The standard InChI is InChI=1S/C12H16N2O2S2/c1-7-6-14(4-5-17-7)12-13-9(8-2-3-8)10(18-12)11(15)16/h7-8H,2-6H2,1H3,(H,15,16). The highest BCUT2D eigenvalue weighted by Crippen LogP contribution is 2.44. The summed E-state index contributed by atoms with van der Waals surface area (Å²) < 4.78 is 0. The Kier molecular flexibility index (Phi) is 3.23. The zero-order valence-electron chi connectivity index (χ0n) is 10.3. The summed E-state index contributed by atoms with van der Waals surface area (Å²) in [5, 5.41) is 10.8. The van der Waals surface area contributed by atoms with E-state index in [0.29, 0.717) is 16.0 Å². The first kappa shape index (κ1) is 12.3. The van der Waals surface area contributed by atoms with E-state index in [2.05, 4.69) is 16.8 Å². The molecule has 3 rings (SSSR count). The highest BCUT2D eigenvalue weighted by Gasteiger charge is 2.33. The van der Waals surface area contributed by atoms with Crippen LogP contribution in [0.4, 0.5) is 5.13 Å². The molecule has 1 unspecified atom stereocenters. The lowest BCUT2D eigenvalue weighted by Crippen LogP contribution is -2.36. The predicted molar refractivity (Wildman–Crippen MR) is 75.2 cm³/mol. The average molecular weight is 284 g/mol. The van der Waals surface area contributed by atoms with Gasteiger partial charge in [-0.3, -0.25) is 0 Å². The number of carboxylic acids is 1. The van der Waals surface area contributed by atoms with Gasteiger partial charge in [0.15, 0.2) is 5.13 Å². The van der Waals surface area contributed by atoms with Crippen LogP contribution in [0.1, 0.15) is 41.0 Å². The maximum Gasteiger partial charge on any atom is 0.347 e. The van der Waals surface area contributed by atoms with Crippen LogP contribution in [-0.2, 0) is 0 Å². The molecule has 2 heterocycles. The van der Waals surface area contributed by atoms with Gasteiger partial charge in [-0.15, -0.1) is 0 Å². The van der Waals surface area contributed by atoms with E-state index in [1.54, 1.807) is 0 Å². The number of aromatic carboxylic acids is 1. The normalized spacial score (nSPS) is 24.3. The molecule has 0 aromatic carbocycles. The minimum Gasteiger partial charge on any atom is -0.477 e. The summed E-state index contributed by atoms with van der Waals surface area (Å²) in [6, 6.07) is 0. The number of thiazole rings is 1. The average Bonchev–Trinajstić information content (AvgIpc) is 3.07. The van der Waals surface area contributed by atoms with E-state index >= 15 is 0 Å². The number of rotatable bonds is 3. The van der Waals surface area contributed by atoms with Crippen LogP contribution in [0, 0.1) is 0 Å². The lowest BCUT2D eigenvalue weighted by molar-refractivity contribution is 0.0700. The number of aromatic nitrogens is 1. The SMILES string of the molecule is CC1CN(c2nc(C3CC3)c(C(=O)O)s2)CCS1. The number of carbonyl (C=O) groups is 1. The zero-order chi connectivity index (χ0) is 12.7. The lowest BCUT2D eigenvalue weighted by Gasteiger charge is -2.30. The van der Waals surface area contributed by atoms with Crippen LogP contribution in [0.25, 0.3) is 0 Å². The van der Waals surface area contributed by atoms with Crippen LogP contribution in [0.5, 0.6) is 0 Å². The van der Waals surface area contributed by atoms with Gasteiger partial charge in [-0.25, -0.2) is 9.78 Å².